The van der Waals surface area contributed by atoms with Crippen molar-refractivity contribution < 1.29 is 24.1 Å². The fourth-order valence-corrected chi connectivity index (χ4v) is 1.23. The van der Waals surface area contributed by atoms with E-state index in [4.69, 9.17) is 14.9 Å². The third-order valence-corrected chi connectivity index (χ3v) is 2.19. The van der Waals surface area contributed by atoms with Crippen LogP contribution in [0.2, 0.25) is 0 Å². The summed E-state index contributed by atoms with van der Waals surface area (Å²) in [6.45, 7) is -0.776. The number of carbonyl (C=O) groups is 1. The molecule has 0 radical (unpaired) electrons. The summed E-state index contributed by atoms with van der Waals surface area (Å²) in [5.74, 6) is -1.17. The second-order valence-corrected chi connectivity index (χ2v) is 3.38. The summed E-state index contributed by atoms with van der Waals surface area (Å²) in [5.41, 5.74) is 0.0928. The highest BCUT2D eigenvalue weighted by molar-refractivity contribution is 5.94. The van der Waals surface area contributed by atoms with Gasteiger partial charge in [0.15, 0.2) is 11.6 Å². The highest BCUT2D eigenvalue weighted by Gasteiger charge is 2.13. The number of hydrogen-bond donors (Lipinski definition) is 3. The van der Waals surface area contributed by atoms with Gasteiger partial charge in [0.05, 0.1) is 26.4 Å². The zero-order valence-electron chi connectivity index (χ0n) is 9.31. The summed E-state index contributed by atoms with van der Waals surface area (Å²) >= 11 is 0. The number of aliphatic hydroxyl groups excluding tert-OH is 2. The summed E-state index contributed by atoms with van der Waals surface area (Å²) < 4.78 is 18.0. The number of ether oxygens (including phenoxy) is 1. The smallest absolute Gasteiger partial charge is 0.251 e. The number of methoxy groups -OCH3 is 1. The van der Waals surface area contributed by atoms with Gasteiger partial charge in [0, 0.05) is 5.56 Å². The lowest BCUT2D eigenvalue weighted by atomic mass is 10.2. The van der Waals surface area contributed by atoms with Gasteiger partial charge in [-0.15, -0.1) is 0 Å². The Morgan fingerprint density at radius 2 is 2.12 bits per heavy atom. The average molecular weight is 243 g/mol. The molecule has 0 atom stereocenters. The molecule has 0 aliphatic rings. The highest BCUT2D eigenvalue weighted by Crippen LogP contribution is 2.17. The minimum Gasteiger partial charge on any atom is -0.494 e. The Balaban J connectivity index is 2.79. The maximum absolute atomic E-state index is 13.3. The molecule has 0 aliphatic carbocycles. The molecule has 0 unspecified atom stereocenters. The van der Waals surface area contributed by atoms with Gasteiger partial charge in [-0.3, -0.25) is 4.79 Å². The second kappa shape index (κ2) is 6.17. The van der Waals surface area contributed by atoms with Crippen molar-refractivity contribution in [2.45, 2.75) is 6.04 Å². The average Bonchev–Trinajstić information content (AvgIpc) is 2.35. The van der Waals surface area contributed by atoms with E-state index in [1.165, 1.54) is 19.2 Å². The lowest BCUT2D eigenvalue weighted by Gasteiger charge is -2.13. The van der Waals surface area contributed by atoms with E-state index in [0.29, 0.717) is 0 Å². The minimum absolute atomic E-state index is 0.0439. The molecular weight excluding hydrogens is 229 g/mol. The van der Waals surface area contributed by atoms with E-state index in [9.17, 15) is 9.18 Å². The van der Waals surface area contributed by atoms with Crippen LogP contribution in [0.5, 0.6) is 5.75 Å². The molecule has 1 aromatic rings. The molecule has 6 heteroatoms. The normalized spacial score (nSPS) is 10.4. The first-order chi connectivity index (χ1) is 8.12. The maximum Gasteiger partial charge on any atom is 0.251 e. The standard InChI is InChI=1S/C11H14FNO4/c1-17-10-3-2-7(4-9(10)12)11(16)13-8(5-14)6-15/h2-4,8,14-15H,5-6H2,1H3,(H,13,16). The van der Waals surface area contributed by atoms with Crippen LogP contribution < -0.4 is 10.1 Å². The summed E-state index contributed by atoms with van der Waals surface area (Å²) in [4.78, 5) is 11.6. The molecule has 1 rings (SSSR count). The van der Waals surface area contributed by atoms with Crippen LogP contribution >= 0.6 is 0 Å². The van der Waals surface area contributed by atoms with Crippen LogP contribution in [-0.4, -0.2) is 42.5 Å². The van der Waals surface area contributed by atoms with Crippen LogP contribution in [0.25, 0.3) is 0 Å². The SMILES string of the molecule is COc1ccc(C(=O)NC(CO)CO)cc1F. The molecule has 1 aromatic carbocycles. The number of rotatable bonds is 5. The van der Waals surface area contributed by atoms with Crippen molar-refractivity contribution in [3.63, 3.8) is 0 Å². The van der Waals surface area contributed by atoms with Gasteiger partial charge in [-0.1, -0.05) is 0 Å². The Hall–Kier alpha value is -1.66. The van der Waals surface area contributed by atoms with E-state index in [0.717, 1.165) is 6.07 Å². The fourth-order valence-electron chi connectivity index (χ4n) is 1.23. The van der Waals surface area contributed by atoms with Crippen LogP contribution in [0.3, 0.4) is 0 Å². The van der Waals surface area contributed by atoms with E-state index in [1.807, 2.05) is 0 Å². The Labute approximate surface area is 97.8 Å². The third kappa shape index (κ3) is 3.40. The number of benzene rings is 1. The van der Waals surface area contributed by atoms with Crippen molar-refractivity contribution in [3.8, 4) is 5.75 Å². The van der Waals surface area contributed by atoms with Crippen molar-refractivity contribution in [1.82, 2.24) is 5.32 Å². The first-order valence-corrected chi connectivity index (χ1v) is 4.98. The van der Waals surface area contributed by atoms with Gasteiger partial charge in [0.25, 0.3) is 5.91 Å². The van der Waals surface area contributed by atoms with Crippen LogP contribution in [0.4, 0.5) is 4.39 Å². The Bertz CT molecular complexity index is 393. The van der Waals surface area contributed by atoms with Crippen molar-refractivity contribution in [3.05, 3.63) is 29.6 Å². The van der Waals surface area contributed by atoms with E-state index in [2.05, 4.69) is 5.32 Å². The Morgan fingerprint density at radius 3 is 2.59 bits per heavy atom. The van der Waals surface area contributed by atoms with Gasteiger partial charge in [0.1, 0.15) is 0 Å². The molecule has 1 amide bonds. The molecule has 94 valence electrons. The van der Waals surface area contributed by atoms with Crippen LogP contribution in [0, 0.1) is 5.82 Å². The number of amides is 1. The number of hydrogen-bond acceptors (Lipinski definition) is 4. The van der Waals surface area contributed by atoms with Gasteiger partial charge in [-0.2, -0.15) is 0 Å². The lowest BCUT2D eigenvalue weighted by Crippen LogP contribution is -2.40. The van der Waals surface area contributed by atoms with Gasteiger partial charge in [-0.25, -0.2) is 4.39 Å². The number of nitrogens with one attached hydrogen (secondary N) is 1. The Kier molecular flexibility index (Phi) is 4.86. The molecule has 0 saturated heterocycles. The molecule has 0 bridgehead atoms. The maximum atomic E-state index is 13.3. The van der Waals surface area contributed by atoms with E-state index in [-0.39, 0.29) is 24.5 Å². The summed E-state index contributed by atoms with van der Waals surface area (Å²) in [6, 6.07) is 2.99. The fraction of sp³-hybridized carbons (Fsp3) is 0.364. The first kappa shape index (κ1) is 13.4. The van der Waals surface area contributed by atoms with Gasteiger partial charge >= 0.3 is 0 Å². The lowest BCUT2D eigenvalue weighted by molar-refractivity contribution is 0.0879. The molecule has 17 heavy (non-hydrogen) atoms. The number of halogens is 1. The molecule has 0 saturated carbocycles. The van der Waals surface area contributed by atoms with Crippen molar-refractivity contribution >= 4 is 5.91 Å². The van der Waals surface area contributed by atoms with Crippen molar-refractivity contribution in [2.75, 3.05) is 20.3 Å². The van der Waals surface area contributed by atoms with Crippen LogP contribution in [-0.2, 0) is 0 Å². The van der Waals surface area contributed by atoms with E-state index in [1.54, 1.807) is 0 Å². The zero-order valence-corrected chi connectivity index (χ0v) is 9.31. The Morgan fingerprint density at radius 1 is 1.47 bits per heavy atom. The second-order valence-electron chi connectivity index (χ2n) is 3.38. The van der Waals surface area contributed by atoms with Crippen molar-refractivity contribution in [1.29, 1.82) is 0 Å². The third-order valence-electron chi connectivity index (χ3n) is 2.19. The number of aliphatic hydroxyl groups is 2. The number of carbonyl (C=O) groups excluding carboxylic acids is 1. The summed E-state index contributed by atoms with van der Waals surface area (Å²) in [6.07, 6.45) is 0. The monoisotopic (exact) mass is 243 g/mol. The van der Waals surface area contributed by atoms with Crippen LogP contribution in [0.15, 0.2) is 18.2 Å². The largest absolute Gasteiger partial charge is 0.494 e. The topological polar surface area (TPSA) is 78.8 Å². The summed E-state index contributed by atoms with van der Waals surface area (Å²) in [5, 5.41) is 19.9. The predicted molar refractivity (Wildman–Crippen MR) is 58.4 cm³/mol. The van der Waals surface area contributed by atoms with Crippen molar-refractivity contribution in [2.24, 2.45) is 0 Å². The molecule has 0 aromatic heterocycles. The van der Waals surface area contributed by atoms with Crippen LogP contribution in [0.1, 0.15) is 10.4 Å². The summed E-state index contributed by atoms with van der Waals surface area (Å²) in [7, 11) is 1.33. The van der Waals surface area contributed by atoms with Gasteiger partial charge in [-0.05, 0) is 18.2 Å². The highest BCUT2D eigenvalue weighted by atomic mass is 19.1. The predicted octanol–water partition coefficient (Wildman–Crippen LogP) is -0.0827. The molecule has 0 heterocycles. The minimum atomic E-state index is -0.757. The van der Waals surface area contributed by atoms with E-state index < -0.39 is 17.8 Å². The molecular formula is C11H14FNO4. The first-order valence-electron chi connectivity index (χ1n) is 4.98. The molecule has 0 spiro atoms. The molecule has 3 N–H and O–H groups in total. The molecule has 0 fully saturated rings. The van der Waals surface area contributed by atoms with Gasteiger partial charge < -0.3 is 20.3 Å². The zero-order chi connectivity index (χ0) is 12.8. The van der Waals surface area contributed by atoms with Gasteiger partial charge in [0.2, 0.25) is 0 Å². The quantitative estimate of drug-likeness (QED) is 0.675. The van der Waals surface area contributed by atoms with E-state index >= 15 is 0 Å². The molecule has 5 nitrogen and oxygen atoms in total. The molecule has 0 aliphatic heterocycles.